The molecule has 0 radical (unpaired) electrons. The zero-order valence-corrected chi connectivity index (χ0v) is 16.7. The molecule has 0 aliphatic rings. The summed E-state index contributed by atoms with van der Waals surface area (Å²) in [7, 11) is 5.21. The van der Waals surface area contributed by atoms with Crippen LogP contribution in [0.4, 0.5) is 0 Å². The molecule has 0 bridgehead atoms. The van der Waals surface area contributed by atoms with Crippen molar-refractivity contribution in [1.29, 1.82) is 0 Å². The van der Waals surface area contributed by atoms with Gasteiger partial charge in [0.1, 0.15) is 17.8 Å². The number of amides is 1. The van der Waals surface area contributed by atoms with Crippen LogP contribution in [0.25, 0.3) is 0 Å². The number of ether oxygens (including phenoxy) is 2. The summed E-state index contributed by atoms with van der Waals surface area (Å²) >= 11 is 0. The largest absolute Gasteiger partial charge is 0.497 e. The minimum absolute atomic E-state index is 0.116. The Kier molecular flexibility index (Phi) is 5.67. The normalized spacial score (nSPS) is 10.8. The Balaban J connectivity index is 1.63. The lowest BCUT2D eigenvalue weighted by Crippen LogP contribution is -2.27. The highest BCUT2D eigenvalue weighted by Crippen LogP contribution is 2.20. The van der Waals surface area contributed by atoms with E-state index in [1.165, 1.54) is 6.26 Å². The Bertz CT molecular complexity index is 976. The molecule has 0 atom stereocenters. The lowest BCUT2D eigenvalue weighted by Gasteiger charge is -2.16. The van der Waals surface area contributed by atoms with Gasteiger partial charge in [-0.3, -0.25) is 9.48 Å². The van der Waals surface area contributed by atoms with Crippen molar-refractivity contribution in [2.24, 2.45) is 7.05 Å². The number of oxazole rings is 1. The summed E-state index contributed by atoms with van der Waals surface area (Å²) in [6, 6.07) is 7.23. The molecule has 0 unspecified atom stereocenters. The molecule has 148 valence electrons. The highest BCUT2D eigenvalue weighted by Gasteiger charge is 2.20. The number of aromatic nitrogens is 3. The Morgan fingerprint density at radius 3 is 2.71 bits per heavy atom. The average molecular weight is 384 g/mol. The van der Waals surface area contributed by atoms with Crippen LogP contribution in [0.2, 0.25) is 0 Å². The highest BCUT2D eigenvalue weighted by molar-refractivity contribution is 5.91. The summed E-state index contributed by atoms with van der Waals surface area (Å²) in [5.74, 6) is 1.43. The first-order valence-electron chi connectivity index (χ1n) is 8.84. The van der Waals surface area contributed by atoms with E-state index in [1.54, 1.807) is 25.1 Å². The molecule has 0 spiro atoms. The lowest BCUT2D eigenvalue weighted by atomic mass is 10.2. The third-order valence-electron chi connectivity index (χ3n) is 4.58. The molecule has 1 amide bonds. The summed E-state index contributed by atoms with van der Waals surface area (Å²) in [6.07, 6.45) is 1.35. The maximum absolute atomic E-state index is 12.7. The number of carbonyl (C=O) groups excluding carboxylic acids is 1. The number of rotatable bonds is 7. The van der Waals surface area contributed by atoms with E-state index in [1.807, 2.05) is 43.8 Å². The van der Waals surface area contributed by atoms with Crippen LogP contribution in [0.1, 0.15) is 33.3 Å². The van der Waals surface area contributed by atoms with Crippen molar-refractivity contribution in [2.75, 3.05) is 14.2 Å². The van der Waals surface area contributed by atoms with E-state index in [4.69, 9.17) is 13.9 Å². The van der Waals surface area contributed by atoms with Gasteiger partial charge < -0.3 is 18.8 Å². The van der Waals surface area contributed by atoms with Crippen molar-refractivity contribution in [3.63, 3.8) is 0 Å². The van der Waals surface area contributed by atoms with Gasteiger partial charge in [-0.25, -0.2) is 4.98 Å². The van der Waals surface area contributed by atoms with Crippen molar-refractivity contribution < 1.29 is 18.7 Å². The van der Waals surface area contributed by atoms with Crippen LogP contribution >= 0.6 is 0 Å². The number of aryl methyl sites for hydroxylation is 2. The molecule has 0 N–H and O–H groups in total. The van der Waals surface area contributed by atoms with E-state index >= 15 is 0 Å². The number of carbonyl (C=O) groups is 1. The van der Waals surface area contributed by atoms with Crippen LogP contribution in [0.5, 0.6) is 11.5 Å². The first-order valence-corrected chi connectivity index (χ1v) is 8.84. The van der Waals surface area contributed by atoms with Crippen molar-refractivity contribution in [3.05, 3.63) is 59.1 Å². The molecule has 8 nitrogen and oxygen atoms in total. The fraction of sp³-hybridized carbons (Fsp3) is 0.350. The third-order valence-corrected chi connectivity index (χ3v) is 4.58. The molecule has 0 aliphatic heterocycles. The van der Waals surface area contributed by atoms with Gasteiger partial charge in [-0.05, 0) is 26.0 Å². The Morgan fingerprint density at radius 1 is 1.29 bits per heavy atom. The van der Waals surface area contributed by atoms with Crippen LogP contribution in [0.3, 0.4) is 0 Å². The number of benzene rings is 1. The highest BCUT2D eigenvalue weighted by atomic mass is 16.5. The summed E-state index contributed by atoms with van der Waals surface area (Å²) < 4.78 is 18.0. The molecule has 0 saturated heterocycles. The van der Waals surface area contributed by atoms with Crippen molar-refractivity contribution >= 4 is 5.91 Å². The number of nitrogens with zero attached hydrogens (tertiary/aromatic N) is 4. The van der Waals surface area contributed by atoms with Crippen LogP contribution in [-0.2, 0) is 20.2 Å². The molecule has 1 aromatic carbocycles. The Labute approximate surface area is 163 Å². The molecular weight excluding hydrogens is 360 g/mol. The number of methoxy groups -OCH3 is 1. The fourth-order valence-electron chi connectivity index (χ4n) is 2.86. The van der Waals surface area contributed by atoms with Crippen molar-refractivity contribution in [3.8, 4) is 11.5 Å². The smallest absolute Gasteiger partial charge is 0.275 e. The van der Waals surface area contributed by atoms with E-state index in [-0.39, 0.29) is 18.2 Å². The average Bonchev–Trinajstić information content (AvgIpc) is 3.26. The molecule has 0 fully saturated rings. The summed E-state index contributed by atoms with van der Waals surface area (Å²) in [6.45, 7) is 4.49. The maximum atomic E-state index is 12.7. The monoisotopic (exact) mass is 384 g/mol. The molecule has 2 aromatic heterocycles. The number of hydrogen-bond donors (Lipinski definition) is 0. The molecule has 2 heterocycles. The topological polar surface area (TPSA) is 82.6 Å². The van der Waals surface area contributed by atoms with E-state index in [2.05, 4.69) is 10.1 Å². The van der Waals surface area contributed by atoms with Gasteiger partial charge in [0.2, 0.25) is 5.89 Å². The van der Waals surface area contributed by atoms with Gasteiger partial charge >= 0.3 is 0 Å². The van der Waals surface area contributed by atoms with E-state index < -0.39 is 0 Å². The SMILES string of the molecule is COc1cccc(OCc2nc(C(=O)N(C)Cc3c(C)nn(C)c3C)co2)c1. The van der Waals surface area contributed by atoms with E-state index in [0.29, 0.717) is 23.9 Å². The second-order valence-corrected chi connectivity index (χ2v) is 6.53. The molecule has 8 heteroatoms. The Hall–Kier alpha value is -3.29. The summed E-state index contributed by atoms with van der Waals surface area (Å²) in [4.78, 5) is 18.5. The zero-order chi connectivity index (χ0) is 20.3. The minimum atomic E-state index is -0.223. The van der Waals surface area contributed by atoms with E-state index in [0.717, 1.165) is 17.0 Å². The van der Waals surface area contributed by atoms with Gasteiger partial charge in [-0.1, -0.05) is 6.07 Å². The second-order valence-electron chi connectivity index (χ2n) is 6.53. The standard InChI is InChI=1S/C20H24N4O4/c1-13-17(14(2)24(4)22-13)10-23(3)20(25)18-11-28-19(21-18)12-27-16-8-6-7-15(9-16)26-5/h6-9,11H,10,12H2,1-5H3. The minimum Gasteiger partial charge on any atom is -0.497 e. The van der Waals surface area contributed by atoms with Gasteiger partial charge in [-0.2, -0.15) is 5.10 Å². The van der Waals surface area contributed by atoms with E-state index in [9.17, 15) is 4.79 Å². The molecular formula is C20H24N4O4. The lowest BCUT2D eigenvalue weighted by molar-refractivity contribution is 0.0778. The molecule has 28 heavy (non-hydrogen) atoms. The Morgan fingerprint density at radius 2 is 2.04 bits per heavy atom. The predicted molar refractivity (Wildman–Crippen MR) is 102 cm³/mol. The quantitative estimate of drug-likeness (QED) is 0.623. The van der Waals surface area contributed by atoms with Gasteiger partial charge in [-0.15, -0.1) is 0 Å². The third kappa shape index (κ3) is 4.16. The molecule has 3 aromatic rings. The maximum Gasteiger partial charge on any atom is 0.275 e. The zero-order valence-electron chi connectivity index (χ0n) is 16.7. The van der Waals surface area contributed by atoms with Gasteiger partial charge in [0.05, 0.1) is 12.8 Å². The second kappa shape index (κ2) is 8.16. The van der Waals surface area contributed by atoms with Gasteiger partial charge in [0.25, 0.3) is 5.91 Å². The van der Waals surface area contributed by atoms with Gasteiger partial charge in [0, 0.05) is 38.0 Å². The summed E-state index contributed by atoms with van der Waals surface area (Å²) in [5, 5.41) is 4.38. The van der Waals surface area contributed by atoms with Crippen LogP contribution in [0, 0.1) is 13.8 Å². The fourth-order valence-corrected chi connectivity index (χ4v) is 2.86. The van der Waals surface area contributed by atoms with Crippen molar-refractivity contribution in [1.82, 2.24) is 19.7 Å². The van der Waals surface area contributed by atoms with Crippen LogP contribution < -0.4 is 9.47 Å². The molecule has 0 saturated carbocycles. The first-order chi connectivity index (χ1) is 13.4. The first kappa shape index (κ1) is 19.5. The predicted octanol–water partition coefficient (Wildman–Crippen LogP) is 2.88. The van der Waals surface area contributed by atoms with Crippen LogP contribution in [0.15, 0.2) is 34.9 Å². The molecule has 3 rings (SSSR count). The van der Waals surface area contributed by atoms with Crippen LogP contribution in [-0.4, -0.2) is 39.7 Å². The number of hydrogen-bond acceptors (Lipinski definition) is 6. The van der Waals surface area contributed by atoms with Gasteiger partial charge in [0.15, 0.2) is 12.3 Å². The van der Waals surface area contributed by atoms with Crippen molar-refractivity contribution in [2.45, 2.75) is 27.0 Å². The molecule has 0 aliphatic carbocycles. The summed E-state index contributed by atoms with van der Waals surface area (Å²) in [5.41, 5.74) is 3.21.